The number of carbonyl (C=O) groups is 1. The quantitative estimate of drug-likeness (QED) is 0.376. The number of nitro groups is 1. The number of hydrogen-bond donors (Lipinski definition) is 1. The van der Waals surface area contributed by atoms with Crippen LogP contribution < -0.4 is 10.2 Å². The second kappa shape index (κ2) is 9.51. The van der Waals surface area contributed by atoms with Gasteiger partial charge in [-0.25, -0.2) is 15.0 Å². The van der Waals surface area contributed by atoms with Crippen LogP contribution in [0, 0.1) is 16.0 Å². The van der Waals surface area contributed by atoms with E-state index >= 15 is 0 Å². The highest BCUT2D eigenvalue weighted by Crippen LogP contribution is 2.37. The SMILES string of the molecule is CCOC(=O)C1CCN(c2ncnc(Nc3ncc(C(F)(F)F)cc3Cl)c2[N+](=O)[O-])CC1. The number of nitrogens with one attached hydrogen (secondary N) is 1. The molecule has 0 aliphatic carbocycles. The molecule has 1 N–H and O–H groups in total. The van der Waals surface area contributed by atoms with Gasteiger partial charge in [-0.1, -0.05) is 11.6 Å². The van der Waals surface area contributed by atoms with Crippen LogP contribution in [0.2, 0.25) is 5.02 Å². The number of hydrogen-bond acceptors (Lipinski definition) is 9. The number of halogens is 4. The van der Waals surface area contributed by atoms with Crippen molar-refractivity contribution in [1.82, 2.24) is 15.0 Å². The summed E-state index contributed by atoms with van der Waals surface area (Å²) in [6.45, 7) is 2.62. The largest absolute Gasteiger partial charge is 0.466 e. The summed E-state index contributed by atoms with van der Waals surface area (Å²) in [5.74, 6) is -1.11. The second-order valence-corrected chi connectivity index (χ2v) is 7.25. The third-order valence-corrected chi connectivity index (χ3v) is 5.09. The van der Waals surface area contributed by atoms with Crippen LogP contribution in [0.3, 0.4) is 0 Å². The van der Waals surface area contributed by atoms with Crippen LogP contribution >= 0.6 is 11.6 Å². The van der Waals surface area contributed by atoms with Crippen molar-refractivity contribution in [3.05, 3.63) is 39.3 Å². The molecule has 0 amide bonds. The molecule has 1 aliphatic heterocycles. The van der Waals surface area contributed by atoms with Gasteiger partial charge in [0.1, 0.15) is 6.33 Å². The number of carbonyl (C=O) groups excluding carboxylic acids is 1. The molecule has 3 rings (SSSR count). The van der Waals surface area contributed by atoms with Gasteiger partial charge >= 0.3 is 17.8 Å². The van der Waals surface area contributed by atoms with E-state index in [2.05, 4.69) is 20.3 Å². The minimum absolute atomic E-state index is 0.0119. The molecule has 0 bridgehead atoms. The molecule has 172 valence electrons. The van der Waals surface area contributed by atoms with E-state index in [1.54, 1.807) is 11.8 Å². The number of esters is 1. The first kappa shape index (κ1) is 23.4. The zero-order valence-corrected chi connectivity index (χ0v) is 17.5. The number of anilines is 3. The van der Waals surface area contributed by atoms with Gasteiger partial charge < -0.3 is 15.0 Å². The van der Waals surface area contributed by atoms with Gasteiger partial charge in [0.2, 0.25) is 11.6 Å². The highest BCUT2D eigenvalue weighted by Gasteiger charge is 2.34. The van der Waals surface area contributed by atoms with E-state index in [0.29, 0.717) is 38.2 Å². The van der Waals surface area contributed by atoms with E-state index in [9.17, 15) is 28.1 Å². The fraction of sp³-hybridized carbons (Fsp3) is 0.444. The first-order valence-electron chi connectivity index (χ1n) is 9.52. The smallest absolute Gasteiger partial charge is 0.417 e. The summed E-state index contributed by atoms with van der Waals surface area (Å²) in [5.41, 5.74) is -1.55. The van der Waals surface area contributed by atoms with Crippen LogP contribution in [0.25, 0.3) is 0 Å². The zero-order valence-electron chi connectivity index (χ0n) is 16.7. The van der Waals surface area contributed by atoms with E-state index in [1.807, 2.05) is 0 Å². The van der Waals surface area contributed by atoms with E-state index in [-0.39, 0.29) is 41.0 Å². The summed E-state index contributed by atoms with van der Waals surface area (Å²) in [6.07, 6.45) is -2.15. The van der Waals surface area contributed by atoms with Crippen molar-refractivity contribution in [3.8, 4) is 0 Å². The summed E-state index contributed by atoms with van der Waals surface area (Å²) in [4.78, 5) is 36.1. The topological polar surface area (TPSA) is 123 Å². The Morgan fingerprint density at radius 1 is 1.31 bits per heavy atom. The van der Waals surface area contributed by atoms with Gasteiger partial charge in [-0.3, -0.25) is 14.9 Å². The lowest BCUT2D eigenvalue weighted by Crippen LogP contribution is -2.37. The summed E-state index contributed by atoms with van der Waals surface area (Å²) in [7, 11) is 0. The molecule has 0 atom stereocenters. The molecular formula is C18H18ClF3N6O4. The molecule has 10 nitrogen and oxygen atoms in total. The Balaban J connectivity index is 1.85. The summed E-state index contributed by atoms with van der Waals surface area (Å²) in [5, 5.41) is 13.9. The van der Waals surface area contributed by atoms with Crippen LogP contribution in [0.1, 0.15) is 25.3 Å². The normalized spacial score (nSPS) is 14.8. The van der Waals surface area contributed by atoms with E-state index in [1.165, 1.54) is 0 Å². The molecule has 0 saturated carbocycles. The number of nitrogens with zero attached hydrogens (tertiary/aromatic N) is 5. The lowest BCUT2D eigenvalue weighted by atomic mass is 9.97. The minimum atomic E-state index is -4.64. The van der Waals surface area contributed by atoms with Gasteiger partial charge in [0, 0.05) is 19.3 Å². The molecule has 1 saturated heterocycles. The molecular weight excluding hydrogens is 457 g/mol. The van der Waals surface area contributed by atoms with Gasteiger partial charge in [-0.15, -0.1) is 0 Å². The molecule has 0 spiro atoms. The van der Waals surface area contributed by atoms with Gasteiger partial charge in [0.15, 0.2) is 5.82 Å². The predicted octanol–water partition coefficient (Wildman–Crippen LogP) is 3.98. The Morgan fingerprint density at radius 2 is 2.00 bits per heavy atom. The zero-order chi connectivity index (χ0) is 23.5. The van der Waals surface area contributed by atoms with Crippen molar-refractivity contribution in [2.45, 2.75) is 25.9 Å². The van der Waals surface area contributed by atoms with E-state index in [0.717, 1.165) is 6.33 Å². The van der Waals surface area contributed by atoms with Gasteiger partial charge in [-0.2, -0.15) is 13.2 Å². The van der Waals surface area contributed by atoms with Crippen molar-refractivity contribution < 1.29 is 27.6 Å². The van der Waals surface area contributed by atoms with Crippen LogP contribution in [0.4, 0.5) is 36.3 Å². The predicted molar refractivity (Wildman–Crippen MR) is 108 cm³/mol. The van der Waals surface area contributed by atoms with Crippen molar-refractivity contribution in [2.24, 2.45) is 5.92 Å². The van der Waals surface area contributed by atoms with Crippen LogP contribution in [0.15, 0.2) is 18.6 Å². The molecule has 1 fully saturated rings. The number of alkyl halides is 3. The lowest BCUT2D eigenvalue weighted by molar-refractivity contribution is -0.383. The first-order valence-corrected chi connectivity index (χ1v) is 9.90. The van der Waals surface area contributed by atoms with Crippen molar-refractivity contribution in [2.75, 3.05) is 29.9 Å². The van der Waals surface area contributed by atoms with Crippen molar-refractivity contribution >= 4 is 40.7 Å². The Kier molecular flexibility index (Phi) is 6.96. The van der Waals surface area contributed by atoms with Gasteiger partial charge in [0.05, 0.1) is 28.0 Å². The average Bonchev–Trinajstić information content (AvgIpc) is 2.74. The van der Waals surface area contributed by atoms with Gasteiger partial charge in [0.25, 0.3) is 0 Å². The Morgan fingerprint density at radius 3 is 2.56 bits per heavy atom. The summed E-state index contributed by atoms with van der Waals surface area (Å²) < 4.78 is 43.5. The maximum atomic E-state index is 12.8. The molecule has 0 radical (unpaired) electrons. The third kappa shape index (κ3) is 5.15. The molecule has 32 heavy (non-hydrogen) atoms. The Hall–Kier alpha value is -3.22. The molecule has 0 unspecified atom stereocenters. The lowest BCUT2D eigenvalue weighted by Gasteiger charge is -2.31. The fourth-order valence-electron chi connectivity index (χ4n) is 3.24. The van der Waals surface area contributed by atoms with Crippen LogP contribution in [-0.4, -0.2) is 45.5 Å². The highest BCUT2D eigenvalue weighted by atomic mass is 35.5. The summed E-state index contributed by atoms with van der Waals surface area (Å²) in [6, 6.07) is 0.658. The molecule has 1 aliphatic rings. The third-order valence-electron chi connectivity index (χ3n) is 4.81. The summed E-state index contributed by atoms with van der Waals surface area (Å²) >= 11 is 5.88. The standard InChI is InChI=1S/C18H18ClF3N6O4/c1-2-32-17(29)10-3-5-27(6-4-10)16-13(28(30)31)15(24-9-25-16)26-14-12(19)7-11(8-23-14)18(20,21)22/h7-10H,2-6H2,1H3,(H,23,24,25,26). The Bertz CT molecular complexity index is 1010. The fourth-order valence-corrected chi connectivity index (χ4v) is 3.46. The first-order chi connectivity index (χ1) is 15.1. The minimum Gasteiger partial charge on any atom is -0.466 e. The number of ether oxygens (including phenoxy) is 1. The molecule has 14 heteroatoms. The molecule has 2 aromatic heterocycles. The second-order valence-electron chi connectivity index (χ2n) is 6.84. The molecule has 0 aromatic carbocycles. The number of aromatic nitrogens is 3. The highest BCUT2D eigenvalue weighted by molar-refractivity contribution is 6.33. The molecule has 2 aromatic rings. The maximum absolute atomic E-state index is 12.8. The van der Waals surface area contributed by atoms with Crippen molar-refractivity contribution in [3.63, 3.8) is 0 Å². The van der Waals surface area contributed by atoms with Crippen LogP contribution in [0.5, 0.6) is 0 Å². The Labute approximate surface area is 184 Å². The van der Waals surface area contributed by atoms with E-state index < -0.39 is 22.4 Å². The molecule has 3 heterocycles. The van der Waals surface area contributed by atoms with E-state index in [4.69, 9.17) is 16.3 Å². The average molecular weight is 475 g/mol. The van der Waals surface area contributed by atoms with Crippen molar-refractivity contribution in [1.29, 1.82) is 0 Å². The number of piperidine rings is 1. The van der Waals surface area contributed by atoms with Gasteiger partial charge in [-0.05, 0) is 25.8 Å². The van der Waals surface area contributed by atoms with Crippen LogP contribution in [-0.2, 0) is 15.7 Å². The maximum Gasteiger partial charge on any atom is 0.417 e. The number of pyridine rings is 1. The number of rotatable bonds is 6. The monoisotopic (exact) mass is 474 g/mol.